The van der Waals surface area contributed by atoms with Crippen molar-refractivity contribution >= 4 is 0 Å². The molecule has 0 aromatic heterocycles. The van der Waals surface area contributed by atoms with E-state index in [-0.39, 0.29) is 0 Å². The van der Waals surface area contributed by atoms with Crippen LogP contribution in [0.2, 0.25) is 0 Å². The van der Waals surface area contributed by atoms with Crippen molar-refractivity contribution in [2.45, 2.75) is 20.3 Å². The molecule has 2 atom stereocenters. The molecule has 0 bridgehead atoms. The van der Waals surface area contributed by atoms with Crippen molar-refractivity contribution < 1.29 is 4.74 Å². The lowest BCUT2D eigenvalue weighted by atomic mass is 9.92. The van der Waals surface area contributed by atoms with E-state index in [4.69, 9.17) is 4.74 Å². The topological polar surface area (TPSA) is 9.23 Å². The normalized spacial score (nSPS) is 47.7. The van der Waals surface area contributed by atoms with Crippen molar-refractivity contribution in [3.63, 3.8) is 0 Å². The van der Waals surface area contributed by atoms with Gasteiger partial charge in [0, 0.05) is 5.41 Å². The maximum absolute atomic E-state index is 5.37. The van der Waals surface area contributed by atoms with E-state index in [0.717, 1.165) is 25.0 Å². The third-order valence-electron chi connectivity index (χ3n) is 3.12. The molecule has 0 amide bonds. The highest BCUT2D eigenvalue weighted by Crippen LogP contribution is 2.61. The molecule has 9 heavy (non-hydrogen) atoms. The minimum Gasteiger partial charge on any atom is -0.381 e. The Morgan fingerprint density at radius 3 is 2.56 bits per heavy atom. The monoisotopic (exact) mass is 126 g/mol. The van der Waals surface area contributed by atoms with Crippen LogP contribution in [-0.2, 0) is 4.74 Å². The minimum atomic E-state index is 0.639. The zero-order valence-corrected chi connectivity index (χ0v) is 6.18. The molecule has 2 fully saturated rings. The van der Waals surface area contributed by atoms with E-state index in [1.807, 2.05) is 0 Å². The molecule has 2 aliphatic rings. The first-order chi connectivity index (χ1) is 4.26. The largest absolute Gasteiger partial charge is 0.381 e. The van der Waals surface area contributed by atoms with Crippen molar-refractivity contribution in [1.82, 2.24) is 0 Å². The van der Waals surface area contributed by atoms with Crippen molar-refractivity contribution in [2.75, 3.05) is 13.2 Å². The van der Waals surface area contributed by atoms with Crippen LogP contribution in [0.4, 0.5) is 0 Å². The van der Waals surface area contributed by atoms with Crippen molar-refractivity contribution in [2.24, 2.45) is 17.3 Å². The summed E-state index contributed by atoms with van der Waals surface area (Å²) in [7, 11) is 0. The van der Waals surface area contributed by atoms with Gasteiger partial charge in [-0.05, 0) is 18.3 Å². The van der Waals surface area contributed by atoms with Crippen LogP contribution in [0.5, 0.6) is 0 Å². The minimum absolute atomic E-state index is 0.639. The highest BCUT2D eigenvalue weighted by atomic mass is 16.5. The van der Waals surface area contributed by atoms with Gasteiger partial charge in [-0.25, -0.2) is 0 Å². The Balaban J connectivity index is 2.10. The summed E-state index contributed by atoms with van der Waals surface area (Å²) in [4.78, 5) is 0. The van der Waals surface area contributed by atoms with Crippen molar-refractivity contribution in [1.29, 1.82) is 0 Å². The lowest BCUT2D eigenvalue weighted by Crippen LogP contribution is -2.12. The summed E-state index contributed by atoms with van der Waals surface area (Å²) in [5.74, 6) is 1.77. The Bertz CT molecular complexity index is 127. The quantitative estimate of drug-likeness (QED) is 0.519. The van der Waals surface area contributed by atoms with Gasteiger partial charge in [0.2, 0.25) is 0 Å². The van der Waals surface area contributed by atoms with Gasteiger partial charge in [-0.15, -0.1) is 0 Å². The summed E-state index contributed by atoms with van der Waals surface area (Å²) in [6.07, 6.45) is 1.44. The lowest BCUT2D eigenvalue weighted by Gasteiger charge is -2.14. The third kappa shape index (κ3) is 0.586. The summed E-state index contributed by atoms with van der Waals surface area (Å²) >= 11 is 0. The number of rotatable bonds is 1. The molecule has 1 aliphatic carbocycles. The first-order valence-corrected chi connectivity index (χ1v) is 3.83. The predicted octanol–water partition coefficient (Wildman–Crippen LogP) is 1.68. The predicted molar refractivity (Wildman–Crippen MR) is 36.2 cm³/mol. The molecule has 1 nitrogen and oxygen atoms in total. The molecule has 52 valence electrons. The van der Waals surface area contributed by atoms with E-state index in [1.165, 1.54) is 6.42 Å². The molecule has 1 saturated heterocycles. The van der Waals surface area contributed by atoms with E-state index in [0.29, 0.717) is 5.41 Å². The van der Waals surface area contributed by atoms with Gasteiger partial charge < -0.3 is 4.74 Å². The SMILES string of the molecule is CC(C)C12COCC1C2. The number of hydrogen-bond acceptors (Lipinski definition) is 1. The van der Waals surface area contributed by atoms with Crippen LogP contribution >= 0.6 is 0 Å². The summed E-state index contributed by atoms with van der Waals surface area (Å²) in [5.41, 5.74) is 0.639. The smallest absolute Gasteiger partial charge is 0.0528 e. The van der Waals surface area contributed by atoms with E-state index in [2.05, 4.69) is 13.8 Å². The van der Waals surface area contributed by atoms with Gasteiger partial charge in [0.25, 0.3) is 0 Å². The zero-order valence-electron chi connectivity index (χ0n) is 6.18. The van der Waals surface area contributed by atoms with Gasteiger partial charge in [0.15, 0.2) is 0 Å². The second-order valence-electron chi connectivity index (χ2n) is 3.80. The number of ether oxygens (including phenoxy) is 1. The van der Waals surface area contributed by atoms with Crippen LogP contribution in [-0.4, -0.2) is 13.2 Å². The number of hydrogen-bond donors (Lipinski definition) is 0. The summed E-state index contributed by atoms with van der Waals surface area (Å²) in [5, 5.41) is 0. The Hall–Kier alpha value is -0.0400. The van der Waals surface area contributed by atoms with Crippen LogP contribution in [0, 0.1) is 17.3 Å². The molecule has 1 heterocycles. The third-order valence-corrected chi connectivity index (χ3v) is 3.12. The summed E-state index contributed by atoms with van der Waals surface area (Å²) in [6.45, 7) is 6.71. The maximum Gasteiger partial charge on any atom is 0.0528 e. The molecular formula is C8H14O. The van der Waals surface area contributed by atoms with Gasteiger partial charge in [-0.1, -0.05) is 13.8 Å². The molecule has 1 saturated carbocycles. The van der Waals surface area contributed by atoms with Crippen molar-refractivity contribution in [3.8, 4) is 0 Å². The Morgan fingerprint density at radius 1 is 1.56 bits per heavy atom. The van der Waals surface area contributed by atoms with E-state index in [1.54, 1.807) is 0 Å². The van der Waals surface area contributed by atoms with Crippen LogP contribution in [0.3, 0.4) is 0 Å². The molecule has 0 aromatic rings. The van der Waals surface area contributed by atoms with Crippen molar-refractivity contribution in [3.05, 3.63) is 0 Å². The molecule has 0 aromatic carbocycles. The summed E-state index contributed by atoms with van der Waals surface area (Å²) < 4.78 is 5.37. The van der Waals surface area contributed by atoms with E-state index in [9.17, 15) is 0 Å². The molecule has 0 N–H and O–H groups in total. The Kier molecular flexibility index (Phi) is 0.963. The van der Waals surface area contributed by atoms with Gasteiger partial charge in [-0.3, -0.25) is 0 Å². The molecule has 1 heteroatoms. The first kappa shape index (κ1) is 5.72. The summed E-state index contributed by atoms with van der Waals surface area (Å²) in [6, 6.07) is 0. The fraction of sp³-hybridized carbons (Fsp3) is 1.00. The molecular weight excluding hydrogens is 112 g/mol. The van der Waals surface area contributed by atoms with Gasteiger partial charge in [0.1, 0.15) is 0 Å². The first-order valence-electron chi connectivity index (χ1n) is 3.83. The lowest BCUT2D eigenvalue weighted by molar-refractivity contribution is 0.132. The van der Waals surface area contributed by atoms with Crippen LogP contribution in [0.15, 0.2) is 0 Å². The Labute approximate surface area is 56.4 Å². The molecule has 0 radical (unpaired) electrons. The van der Waals surface area contributed by atoms with Crippen LogP contribution in [0.1, 0.15) is 20.3 Å². The van der Waals surface area contributed by atoms with E-state index >= 15 is 0 Å². The second-order valence-corrected chi connectivity index (χ2v) is 3.80. The average molecular weight is 126 g/mol. The second kappa shape index (κ2) is 1.51. The van der Waals surface area contributed by atoms with Gasteiger partial charge in [-0.2, -0.15) is 0 Å². The highest BCUT2D eigenvalue weighted by molar-refractivity contribution is 5.07. The maximum atomic E-state index is 5.37. The molecule has 2 unspecified atom stereocenters. The van der Waals surface area contributed by atoms with Gasteiger partial charge >= 0.3 is 0 Å². The average Bonchev–Trinajstić information content (AvgIpc) is 2.38. The standard InChI is InChI=1S/C8H14O/c1-6(2)8-3-7(8)4-9-5-8/h6-7H,3-5H2,1-2H3. The van der Waals surface area contributed by atoms with Crippen LogP contribution < -0.4 is 0 Å². The zero-order chi connectivity index (χ0) is 6.48. The molecule has 0 spiro atoms. The number of fused-ring (bicyclic) bond motifs is 1. The highest BCUT2D eigenvalue weighted by Gasteiger charge is 2.59. The van der Waals surface area contributed by atoms with Crippen LogP contribution in [0.25, 0.3) is 0 Å². The molecule has 2 rings (SSSR count). The fourth-order valence-corrected chi connectivity index (χ4v) is 2.07. The fourth-order valence-electron chi connectivity index (χ4n) is 2.07. The van der Waals surface area contributed by atoms with E-state index < -0.39 is 0 Å². The van der Waals surface area contributed by atoms with Gasteiger partial charge in [0.05, 0.1) is 13.2 Å². The Morgan fingerprint density at radius 2 is 2.33 bits per heavy atom. The molecule has 1 aliphatic heterocycles.